The minimum absolute atomic E-state index is 0.0399. The van der Waals surface area contributed by atoms with Crippen LogP contribution in [0.5, 0.6) is 0 Å². The molecule has 3 aliphatic heterocycles. The number of nitrogens with one attached hydrogen (secondary N) is 2. The van der Waals surface area contributed by atoms with E-state index >= 15 is 0 Å². The van der Waals surface area contributed by atoms with Gasteiger partial charge in [-0.3, -0.25) is 9.59 Å². The summed E-state index contributed by atoms with van der Waals surface area (Å²) in [7, 11) is 1.68. The first-order valence-corrected chi connectivity index (χ1v) is 12.7. The topological polar surface area (TPSA) is 86.5 Å². The van der Waals surface area contributed by atoms with Crippen molar-refractivity contribution in [3.8, 4) is 0 Å². The van der Waals surface area contributed by atoms with Crippen LogP contribution < -0.4 is 10.6 Å². The number of nitrogens with zero attached hydrogens (tertiary/aromatic N) is 2. The molecule has 186 valence electrons. The average molecular weight is 495 g/mol. The van der Waals surface area contributed by atoms with E-state index in [0.29, 0.717) is 13.0 Å². The van der Waals surface area contributed by atoms with E-state index in [4.69, 9.17) is 9.47 Å². The molecule has 1 saturated heterocycles. The third-order valence-electron chi connectivity index (χ3n) is 8.61. The first-order valence-electron chi connectivity index (χ1n) is 12.7. The van der Waals surface area contributed by atoms with Crippen molar-refractivity contribution in [3.63, 3.8) is 0 Å². The first-order chi connectivity index (χ1) is 17.9. The number of benzene rings is 3. The predicted molar refractivity (Wildman–Crippen MR) is 140 cm³/mol. The zero-order valence-corrected chi connectivity index (χ0v) is 20.8. The summed E-state index contributed by atoms with van der Waals surface area (Å²) >= 11 is 0. The van der Waals surface area contributed by atoms with Crippen LogP contribution in [0.2, 0.25) is 0 Å². The third kappa shape index (κ3) is 2.40. The Labute approximate surface area is 212 Å². The van der Waals surface area contributed by atoms with Crippen molar-refractivity contribution >= 4 is 55.4 Å². The fourth-order valence-electron chi connectivity index (χ4n) is 7.46. The van der Waals surface area contributed by atoms with Crippen molar-refractivity contribution in [1.82, 2.24) is 19.8 Å². The Kier molecular flexibility index (Phi) is 3.96. The Hall–Kier alpha value is -3.88. The van der Waals surface area contributed by atoms with Crippen LogP contribution >= 0.6 is 0 Å². The van der Waals surface area contributed by atoms with E-state index in [9.17, 15) is 9.59 Å². The first kappa shape index (κ1) is 21.2. The number of methoxy groups -OCH3 is 1. The van der Waals surface area contributed by atoms with Crippen LogP contribution in [0.4, 0.5) is 0 Å². The maximum atomic E-state index is 13.4. The van der Waals surface area contributed by atoms with Gasteiger partial charge in [0.25, 0.3) is 5.91 Å². The van der Waals surface area contributed by atoms with E-state index in [0.717, 1.165) is 54.7 Å². The lowest BCUT2D eigenvalue weighted by Crippen LogP contribution is -2.60. The van der Waals surface area contributed by atoms with Crippen LogP contribution in [0.15, 0.2) is 48.5 Å². The second-order valence-electron chi connectivity index (χ2n) is 10.5. The van der Waals surface area contributed by atoms with Crippen LogP contribution in [0.3, 0.4) is 0 Å². The second-order valence-corrected chi connectivity index (χ2v) is 10.5. The van der Waals surface area contributed by atoms with Gasteiger partial charge in [-0.15, -0.1) is 0 Å². The molecule has 0 unspecified atom stereocenters. The Morgan fingerprint density at radius 2 is 1.78 bits per heavy atom. The van der Waals surface area contributed by atoms with Gasteiger partial charge in [0.2, 0.25) is 5.91 Å². The molecule has 2 aromatic heterocycles. The largest absolute Gasteiger partial charge is 0.374 e. The molecule has 3 aliphatic rings. The third-order valence-corrected chi connectivity index (χ3v) is 8.61. The summed E-state index contributed by atoms with van der Waals surface area (Å²) in [5, 5.41) is 10.4. The van der Waals surface area contributed by atoms with Gasteiger partial charge in [-0.1, -0.05) is 36.4 Å². The molecule has 8 nitrogen and oxygen atoms in total. The molecule has 37 heavy (non-hydrogen) atoms. The zero-order chi connectivity index (χ0) is 25.2. The summed E-state index contributed by atoms with van der Waals surface area (Å²) in [4.78, 5) is 25.7. The predicted octanol–water partition coefficient (Wildman–Crippen LogP) is 4.27. The molecular formula is C29H26N4O4. The van der Waals surface area contributed by atoms with Crippen molar-refractivity contribution in [1.29, 1.82) is 0 Å². The highest BCUT2D eigenvalue weighted by molar-refractivity contribution is 6.31. The Morgan fingerprint density at radius 3 is 2.51 bits per heavy atom. The van der Waals surface area contributed by atoms with Gasteiger partial charge >= 0.3 is 0 Å². The van der Waals surface area contributed by atoms with E-state index in [-0.39, 0.29) is 24.1 Å². The van der Waals surface area contributed by atoms with Gasteiger partial charge in [-0.05, 0) is 24.6 Å². The monoisotopic (exact) mass is 494 g/mol. The molecular weight excluding hydrogens is 468 g/mol. The maximum absolute atomic E-state index is 13.4. The molecule has 2 bridgehead atoms. The van der Waals surface area contributed by atoms with E-state index in [1.807, 2.05) is 24.3 Å². The number of amides is 2. The Balaban J connectivity index is 1.66. The second kappa shape index (κ2) is 6.90. The summed E-state index contributed by atoms with van der Waals surface area (Å²) < 4.78 is 17.7. The molecule has 2 N–H and O–H groups in total. The fraction of sp³-hybridized carbons (Fsp3) is 0.310. The number of para-hydroxylation sites is 2. The highest BCUT2D eigenvalue weighted by Gasteiger charge is 2.53. The normalized spacial score (nSPS) is 26.2. The summed E-state index contributed by atoms with van der Waals surface area (Å²) in [6.45, 7) is 4.08. The fourth-order valence-corrected chi connectivity index (χ4v) is 7.46. The van der Waals surface area contributed by atoms with E-state index in [1.165, 1.54) is 0 Å². The smallest absolute Gasteiger partial charge is 0.252 e. The lowest BCUT2D eigenvalue weighted by atomic mass is 9.92. The Bertz CT molecular complexity index is 1850. The van der Waals surface area contributed by atoms with Crippen molar-refractivity contribution in [2.45, 2.75) is 50.9 Å². The number of carbonyl (C=O) groups is 2. The molecule has 5 aromatic rings. The maximum Gasteiger partial charge on any atom is 0.252 e. The van der Waals surface area contributed by atoms with Crippen molar-refractivity contribution in [3.05, 3.63) is 59.7 Å². The van der Waals surface area contributed by atoms with Gasteiger partial charge in [0.05, 0.1) is 33.7 Å². The van der Waals surface area contributed by atoms with Crippen LogP contribution in [0.25, 0.3) is 43.6 Å². The van der Waals surface area contributed by atoms with Crippen LogP contribution in [-0.4, -0.2) is 40.2 Å². The van der Waals surface area contributed by atoms with Gasteiger partial charge in [0.1, 0.15) is 12.3 Å². The van der Waals surface area contributed by atoms with Crippen molar-refractivity contribution in [2.75, 3.05) is 7.11 Å². The van der Waals surface area contributed by atoms with Crippen molar-refractivity contribution in [2.24, 2.45) is 0 Å². The molecule has 0 spiro atoms. The molecule has 0 radical (unpaired) electrons. The quantitative estimate of drug-likeness (QED) is 0.384. The Morgan fingerprint density at radius 1 is 1.08 bits per heavy atom. The molecule has 8 rings (SSSR count). The summed E-state index contributed by atoms with van der Waals surface area (Å²) in [5.74, 6) is -0.144. The summed E-state index contributed by atoms with van der Waals surface area (Å²) in [6, 6.07) is 16.2. The highest BCUT2D eigenvalue weighted by atomic mass is 16.6. The number of fused-ring (bicyclic) bond motifs is 13. The average Bonchev–Trinajstić information content (AvgIpc) is 3.51. The lowest BCUT2D eigenvalue weighted by Gasteiger charge is -2.48. The molecule has 3 aromatic carbocycles. The van der Waals surface area contributed by atoms with Gasteiger partial charge < -0.3 is 29.2 Å². The molecule has 1 fully saturated rings. The molecule has 2 amide bonds. The lowest BCUT2D eigenvalue weighted by molar-refractivity contribution is -0.256. The van der Waals surface area contributed by atoms with E-state index in [2.05, 4.69) is 51.0 Å². The van der Waals surface area contributed by atoms with E-state index < -0.39 is 11.8 Å². The molecule has 8 heteroatoms. The summed E-state index contributed by atoms with van der Waals surface area (Å²) in [5.41, 5.74) is 4.91. The molecule has 5 heterocycles. The highest BCUT2D eigenvalue weighted by Crippen LogP contribution is 2.53. The molecule has 0 aliphatic carbocycles. The zero-order valence-electron chi connectivity index (χ0n) is 20.8. The molecule has 4 atom stereocenters. The number of rotatable bonds is 2. The van der Waals surface area contributed by atoms with Gasteiger partial charge in [0, 0.05) is 48.5 Å². The summed E-state index contributed by atoms with van der Waals surface area (Å²) in [6.07, 6.45) is -0.278. The standard InChI is InChI=1S/C29H26N4O4/c1-14(34)31-18-12-21-32-19-10-6-4-8-15(19)23-24-17(13-30-28(24)35)22-16-9-5-7-11-20(16)33(26(22)25(23)32)29(2,37-21)27(18)36-3/h4-11,18,21,27H,12-13H2,1-3H3,(H,30,35)(H,31,34)/t18-,21-,27-,29+/m1/s1. The number of ether oxygens (including phenoxy) is 2. The van der Waals surface area contributed by atoms with Crippen LogP contribution in [0.1, 0.15) is 42.4 Å². The van der Waals surface area contributed by atoms with Crippen molar-refractivity contribution < 1.29 is 19.1 Å². The number of hydrogen-bond acceptors (Lipinski definition) is 4. The number of carbonyl (C=O) groups excluding carboxylic acids is 2. The van der Waals surface area contributed by atoms with Crippen LogP contribution in [0, 0.1) is 0 Å². The van der Waals surface area contributed by atoms with E-state index in [1.54, 1.807) is 14.0 Å². The van der Waals surface area contributed by atoms with Gasteiger partial charge in [-0.25, -0.2) is 0 Å². The molecule has 0 saturated carbocycles. The number of aromatic nitrogens is 2. The minimum atomic E-state index is -0.927. The van der Waals surface area contributed by atoms with Gasteiger partial charge in [-0.2, -0.15) is 0 Å². The minimum Gasteiger partial charge on any atom is -0.374 e. The SMILES string of the molecule is CO[C@@H]1[C@H](NC(C)=O)C[C@H]2O[C@]1(C)n1c3ccccc3c3c4c(c5c6ccccc6n2c5c31)C(=O)NC4. The number of hydrogen-bond donors (Lipinski definition) is 2. The van der Waals surface area contributed by atoms with Gasteiger partial charge in [0.15, 0.2) is 5.72 Å². The van der Waals surface area contributed by atoms with Crippen LogP contribution in [-0.2, 0) is 26.5 Å².